The van der Waals surface area contributed by atoms with E-state index in [0.717, 1.165) is 9.21 Å². The standard InChI is InChI=1S/C6H7Br2N3/c1-11(2)6-9-4(7)3-5(8)10-6/h3H,1-2H3. The highest BCUT2D eigenvalue weighted by molar-refractivity contribution is 9.11. The number of halogens is 2. The minimum Gasteiger partial charge on any atom is -0.347 e. The van der Waals surface area contributed by atoms with Gasteiger partial charge in [-0.05, 0) is 31.9 Å². The predicted molar refractivity (Wildman–Crippen MR) is 51.8 cm³/mol. The van der Waals surface area contributed by atoms with Crippen molar-refractivity contribution in [1.82, 2.24) is 9.97 Å². The first-order valence-corrected chi connectivity index (χ1v) is 4.55. The lowest BCUT2D eigenvalue weighted by molar-refractivity contribution is 0.977. The summed E-state index contributed by atoms with van der Waals surface area (Å²) in [4.78, 5) is 10.1. The van der Waals surface area contributed by atoms with Crippen LogP contribution >= 0.6 is 31.9 Å². The average Bonchev–Trinajstić information content (AvgIpc) is 1.85. The van der Waals surface area contributed by atoms with Crippen LogP contribution in [0.4, 0.5) is 5.95 Å². The van der Waals surface area contributed by atoms with Gasteiger partial charge in [-0.1, -0.05) is 0 Å². The molecule has 0 atom stereocenters. The fourth-order valence-corrected chi connectivity index (χ4v) is 1.64. The third kappa shape index (κ3) is 2.41. The molecule has 1 heterocycles. The normalized spacial score (nSPS) is 9.82. The molecule has 0 aliphatic rings. The minimum atomic E-state index is 0.686. The maximum absolute atomic E-state index is 4.14. The summed E-state index contributed by atoms with van der Waals surface area (Å²) in [7, 11) is 3.79. The number of nitrogens with zero attached hydrogens (tertiary/aromatic N) is 3. The number of aromatic nitrogens is 2. The molecule has 0 aliphatic carbocycles. The van der Waals surface area contributed by atoms with Gasteiger partial charge in [-0.2, -0.15) is 0 Å². The molecule has 60 valence electrons. The fraction of sp³-hybridized carbons (Fsp3) is 0.333. The second-order valence-corrected chi connectivity index (χ2v) is 3.83. The molecular weight excluding hydrogens is 274 g/mol. The molecule has 1 rings (SSSR count). The van der Waals surface area contributed by atoms with Crippen molar-refractivity contribution >= 4 is 37.8 Å². The van der Waals surface area contributed by atoms with Crippen LogP contribution in [0, 0.1) is 0 Å². The molecule has 0 aliphatic heterocycles. The summed E-state index contributed by atoms with van der Waals surface area (Å²) in [5.74, 6) is 0.686. The van der Waals surface area contributed by atoms with E-state index in [9.17, 15) is 0 Å². The Morgan fingerprint density at radius 3 is 2.00 bits per heavy atom. The Balaban J connectivity index is 3.08. The third-order valence-corrected chi connectivity index (χ3v) is 1.86. The summed E-state index contributed by atoms with van der Waals surface area (Å²) in [5, 5.41) is 0. The largest absolute Gasteiger partial charge is 0.347 e. The zero-order valence-corrected chi connectivity index (χ0v) is 9.35. The van der Waals surface area contributed by atoms with E-state index in [4.69, 9.17) is 0 Å². The topological polar surface area (TPSA) is 29.0 Å². The molecule has 0 amide bonds. The Hall–Kier alpha value is -0.160. The summed E-state index contributed by atoms with van der Waals surface area (Å²) < 4.78 is 1.56. The zero-order valence-electron chi connectivity index (χ0n) is 6.17. The van der Waals surface area contributed by atoms with E-state index < -0.39 is 0 Å². The molecule has 0 N–H and O–H groups in total. The van der Waals surface area contributed by atoms with Crippen molar-refractivity contribution in [3.8, 4) is 0 Å². The van der Waals surface area contributed by atoms with E-state index in [1.807, 2.05) is 19.0 Å². The van der Waals surface area contributed by atoms with Crippen LogP contribution in [0.3, 0.4) is 0 Å². The summed E-state index contributed by atoms with van der Waals surface area (Å²) in [6.07, 6.45) is 0. The van der Waals surface area contributed by atoms with Crippen molar-refractivity contribution in [3.05, 3.63) is 15.3 Å². The lowest BCUT2D eigenvalue weighted by Crippen LogP contribution is -2.12. The zero-order chi connectivity index (χ0) is 8.43. The second-order valence-electron chi connectivity index (χ2n) is 2.21. The Bertz CT molecular complexity index is 242. The van der Waals surface area contributed by atoms with Crippen molar-refractivity contribution in [1.29, 1.82) is 0 Å². The SMILES string of the molecule is CN(C)c1nc(Br)cc(Br)n1. The maximum atomic E-state index is 4.14. The van der Waals surface area contributed by atoms with Crippen LogP contribution in [0.15, 0.2) is 15.3 Å². The Kier molecular flexibility index (Phi) is 2.84. The van der Waals surface area contributed by atoms with Crippen molar-refractivity contribution < 1.29 is 0 Å². The van der Waals surface area contributed by atoms with Gasteiger partial charge in [0.25, 0.3) is 0 Å². The molecule has 0 saturated heterocycles. The average molecular weight is 281 g/mol. The van der Waals surface area contributed by atoms with E-state index >= 15 is 0 Å². The highest BCUT2D eigenvalue weighted by Crippen LogP contribution is 2.16. The van der Waals surface area contributed by atoms with Crippen molar-refractivity contribution in [2.24, 2.45) is 0 Å². The molecule has 0 saturated carbocycles. The molecule has 11 heavy (non-hydrogen) atoms. The smallest absolute Gasteiger partial charge is 0.226 e. The van der Waals surface area contributed by atoms with Gasteiger partial charge in [0.1, 0.15) is 9.21 Å². The maximum Gasteiger partial charge on any atom is 0.226 e. The van der Waals surface area contributed by atoms with Crippen LogP contribution in [0.1, 0.15) is 0 Å². The molecule has 1 aromatic rings. The van der Waals surface area contributed by atoms with E-state index in [1.54, 1.807) is 6.07 Å². The number of rotatable bonds is 1. The van der Waals surface area contributed by atoms with Gasteiger partial charge < -0.3 is 4.90 Å². The van der Waals surface area contributed by atoms with Crippen molar-refractivity contribution in [2.75, 3.05) is 19.0 Å². The number of hydrogen-bond acceptors (Lipinski definition) is 3. The van der Waals surface area contributed by atoms with Gasteiger partial charge in [-0.25, -0.2) is 9.97 Å². The predicted octanol–water partition coefficient (Wildman–Crippen LogP) is 2.07. The van der Waals surface area contributed by atoms with Gasteiger partial charge in [-0.3, -0.25) is 0 Å². The summed E-state index contributed by atoms with van der Waals surface area (Å²) in [6, 6.07) is 1.80. The van der Waals surface area contributed by atoms with Gasteiger partial charge >= 0.3 is 0 Å². The summed E-state index contributed by atoms with van der Waals surface area (Å²) in [6.45, 7) is 0. The third-order valence-electron chi connectivity index (χ3n) is 1.05. The van der Waals surface area contributed by atoms with Crippen LogP contribution in [0.25, 0.3) is 0 Å². The van der Waals surface area contributed by atoms with Gasteiger partial charge in [0.05, 0.1) is 0 Å². The second kappa shape index (κ2) is 3.49. The monoisotopic (exact) mass is 279 g/mol. The number of anilines is 1. The number of hydrogen-bond donors (Lipinski definition) is 0. The molecule has 0 bridgehead atoms. The van der Waals surface area contributed by atoms with Crippen LogP contribution in [-0.2, 0) is 0 Å². The fourth-order valence-electron chi connectivity index (χ4n) is 0.579. The van der Waals surface area contributed by atoms with E-state index in [0.29, 0.717) is 5.95 Å². The Morgan fingerprint density at radius 2 is 1.64 bits per heavy atom. The van der Waals surface area contributed by atoms with Gasteiger partial charge in [0.2, 0.25) is 5.95 Å². The molecule has 0 fully saturated rings. The molecule has 3 nitrogen and oxygen atoms in total. The quantitative estimate of drug-likeness (QED) is 0.738. The summed E-state index contributed by atoms with van der Waals surface area (Å²) in [5.41, 5.74) is 0. The molecular formula is C6H7Br2N3. The first kappa shape index (κ1) is 8.93. The van der Waals surface area contributed by atoms with Gasteiger partial charge in [0, 0.05) is 20.2 Å². The first-order valence-electron chi connectivity index (χ1n) is 2.97. The Labute approximate surface area is 82.1 Å². The van der Waals surface area contributed by atoms with Crippen LogP contribution in [-0.4, -0.2) is 24.1 Å². The van der Waals surface area contributed by atoms with Crippen molar-refractivity contribution in [2.45, 2.75) is 0 Å². The van der Waals surface area contributed by atoms with Crippen molar-refractivity contribution in [3.63, 3.8) is 0 Å². The van der Waals surface area contributed by atoms with E-state index in [1.165, 1.54) is 0 Å². The Morgan fingerprint density at radius 1 is 1.18 bits per heavy atom. The van der Waals surface area contributed by atoms with Crippen LogP contribution in [0.2, 0.25) is 0 Å². The van der Waals surface area contributed by atoms with E-state index in [2.05, 4.69) is 41.8 Å². The first-order chi connectivity index (χ1) is 5.09. The van der Waals surface area contributed by atoms with Gasteiger partial charge in [-0.15, -0.1) is 0 Å². The van der Waals surface area contributed by atoms with Crippen LogP contribution < -0.4 is 4.90 Å². The molecule has 5 heteroatoms. The van der Waals surface area contributed by atoms with Gasteiger partial charge in [0.15, 0.2) is 0 Å². The lowest BCUT2D eigenvalue weighted by atomic mass is 10.6. The highest BCUT2D eigenvalue weighted by atomic mass is 79.9. The van der Waals surface area contributed by atoms with E-state index in [-0.39, 0.29) is 0 Å². The molecule has 0 spiro atoms. The molecule has 0 radical (unpaired) electrons. The highest BCUT2D eigenvalue weighted by Gasteiger charge is 2.01. The lowest BCUT2D eigenvalue weighted by Gasteiger charge is -2.09. The minimum absolute atomic E-state index is 0.686. The molecule has 0 unspecified atom stereocenters. The molecule has 1 aromatic heterocycles. The molecule has 0 aromatic carbocycles. The van der Waals surface area contributed by atoms with Crippen LogP contribution in [0.5, 0.6) is 0 Å². The summed E-state index contributed by atoms with van der Waals surface area (Å²) >= 11 is 6.55.